The Morgan fingerprint density at radius 2 is 1.88 bits per heavy atom. The van der Waals surface area contributed by atoms with E-state index in [1.165, 1.54) is 0 Å². The van der Waals surface area contributed by atoms with Gasteiger partial charge >= 0.3 is 0 Å². The van der Waals surface area contributed by atoms with Gasteiger partial charge in [0.2, 0.25) is 10.0 Å². The molecule has 2 aromatic rings. The highest BCUT2D eigenvalue weighted by molar-refractivity contribution is 7.92. The average Bonchev–Trinajstić information content (AvgIpc) is 2.74. The molecule has 130 valence electrons. The smallest absolute Gasteiger partial charge is 0.266 e. The van der Waals surface area contributed by atoms with Crippen LogP contribution in [0.1, 0.15) is 17.0 Å². The molecular weight excluding hydrogens is 330 g/mol. The molecule has 0 fully saturated rings. The summed E-state index contributed by atoms with van der Waals surface area (Å²) in [5.41, 5.74) is 2.25. The van der Waals surface area contributed by atoms with Gasteiger partial charge in [0.05, 0.1) is 24.3 Å². The Hall–Kier alpha value is -2.19. The second kappa shape index (κ2) is 7.14. The summed E-state index contributed by atoms with van der Waals surface area (Å²) in [4.78, 5) is 12.5. The fraction of sp³-hybridized carbons (Fsp3) is 0.375. The number of carbonyl (C=O) groups is 1. The molecule has 1 aromatic heterocycles. The standard InChI is InChI=1S/C16H21N3O4S/c1-12-16(13(2)18(3)17-12)19(24(4,21)22)15(20)11-23-10-14-8-6-5-7-9-14/h5-9H,10-11H2,1-4H3. The SMILES string of the molecule is Cc1nn(C)c(C)c1N(C(=O)COCc1ccccc1)S(C)(=O)=O. The number of benzene rings is 1. The molecule has 1 amide bonds. The number of amides is 1. The van der Waals surface area contributed by atoms with E-state index in [2.05, 4.69) is 5.10 Å². The van der Waals surface area contributed by atoms with Gasteiger partial charge in [-0.3, -0.25) is 9.48 Å². The molecule has 0 saturated carbocycles. The molecule has 1 aromatic carbocycles. The number of anilines is 1. The molecule has 1 heterocycles. The Bertz CT molecular complexity index is 829. The van der Waals surface area contributed by atoms with Crippen molar-refractivity contribution in [2.75, 3.05) is 17.2 Å². The normalized spacial score (nSPS) is 11.5. The second-order valence-corrected chi connectivity index (χ2v) is 7.37. The van der Waals surface area contributed by atoms with E-state index < -0.39 is 15.9 Å². The van der Waals surface area contributed by atoms with E-state index in [0.29, 0.717) is 11.4 Å². The molecule has 2 rings (SSSR count). The van der Waals surface area contributed by atoms with Crippen LogP contribution in [0.2, 0.25) is 0 Å². The summed E-state index contributed by atoms with van der Waals surface area (Å²) in [5.74, 6) is -0.646. The Kier molecular flexibility index (Phi) is 5.40. The molecule has 0 aliphatic carbocycles. The van der Waals surface area contributed by atoms with E-state index >= 15 is 0 Å². The highest BCUT2D eigenvalue weighted by Gasteiger charge is 2.30. The number of rotatable bonds is 6. The van der Waals surface area contributed by atoms with Gasteiger partial charge in [0.15, 0.2) is 0 Å². The van der Waals surface area contributed by atoms with Crippen LogP contribution in [0.4, 0.5) is 5.69 Å². The fourth-order valence-electron chi connectivity index (χ4n) is 2.42. The number of ether oxygens (including phenoxy) is 1. The van der Waals surface area contributed by atoms with Gasteiger partial charge in [-0.1, -0.05) is 30.3 Å². The van der Waals surface area contributed by atoms with Crippen LogP contribution in [0.3, 0.4) is 0 Å². The van der Waals surface area contributed by atoms with Gasteiger partial charge in [-0.2, -0.15) is 5.10 Å². The number of carbonyl (C=O) groups excluding carboxylic acids is 1. The Labute approximate surface area is 141 Å². The number of nitrogens with zero attached hydrogens (tertiary/aromatic N) is 3. The quantitative estimate of drug-likeness (QED) is 0.789. The van der Waals surface area contributed by atoms with Crippen molar-refractivity contribution in [1.29, 1.82) is 0 Å². The Morgan fingerprint density at radius 3 is 2.38 bits per heavy atom. The van der Waals surface area contributed by atoms with E-state index in [1.807, 2.05) is 30.3 Å². The molecule has 24 heavy (non-hydrogen) atoms. The zero-order valence-corrected chi connectivity index (χ0v) is 15.0. The van der Waals surface area contributed by atoms with Crippen molar-refractivity contribution in [3.05, 3.63) is 47.3 Å². The van der Waals surface area contributed by atoms with Crippen LogP contribution in [0.15, 0.2) is 30.3 Å². The van der Waals surface area contributed by atoms with Gasteiger partial charge in [-0.05, 0) is 19.4 Å². The molecule has 0 N–H and O–H groups in total. The summed E-state index contributed by atoms with van der Waals surface area (Å²) >= 11 is 0. The van der Waals surface area contributed by atoms with Gasteiger partial charge in [0.1, 0.15) is 12.3 Å². The number of hydrogen-bond donors (Lipinski definition) is 0. The minimum absolute atomic E-state index is 0.231. The zero-order valence-electron chi connectivity index (χ0n) is 14.2. The number of aromatic nitrogens is 2. The summed E-state index contributed by atoms with van der Waals surface area (Å²) in [6.45, 7) is 3.27. The van der Waals surface area contributed by atoms with Crippen molar-refractivity contribution in [3.63, 3.8) is 0 Å². The summed E-state index contributed by atoms with van der Waals surface area (Å²) < 4.78 is 32.0. The van der Waals surface area contributed by atoms with Crippen LogP contribution in [0.5, 0.6) is 0 Å². The number of hydrogen-bond acceptors (Lipinski definition) is 5. The maximum atomic E-state index is 12.5. The first-order chi connectivity index (χ1) is 11.2. The van der Waals surface area contributed by atoms with E-state index in [-0.39, 0.29) is 18.9 Å². The van der Waals surface area contributed by atoms with Gasteiger partial charge in [-0.25, -0.2) is 12.7 Å². The van der Waals surface area contributed by atoms with Crippen LogP contribution in [0.25, 0.3) is 0 Å². The lowest BCUT2D eigenvalue weighted by Gasteiger charge is -2.20. The second-order valence-electron chi connectivity index (χ2n) is 5.54. The predicted molar refractivity (Wildman–Crippen MR) is 91.1 cm³/mol. The van der Waals surface area contributed by atoms with Gasteiger partial charge in [-0.15, -0.1) is 0 Å². The van der Waals surface area contributed by atoms with Crippen molar-refractivity contribution < 1.29 is 17.9 Å². The third kappa shape index (κ3) is 4.01. The largest absolute Gasteiger partial charge is 0.367 e. The van der Waals surface area contributed by atoms with Gasteiger partial charge in [0.25, 0.3) is 5.91 Å². The van der Waals surface area contributed by atoms with Crippen LogP contribution in [-0.2, 0) is 33.2 Å². The van der Waals surface area contributed by atoms with Crippen molar-refractivity contribution >= 4 is 21.6 Å². The van der Waals surface area contributed by atoms with E-state index in [0.717, 1.165) is 16.1 Å². The summed E-state index contributed by atoms with van der Waals surface area (Å²) in [6, 6.07) is 9.35. The lowest BCUT2D eigenvalue weighted by molar-refractivity contribution is -0.122. The van der Waals surface area contributed by atoms with Crippen molar-refractivity contribution in [2.24, 2.45) is 7.05 Å². The van der Waals surface area contributed by atoms with Gasteiger partial charge in [0, 0.05) is 7.05 Å². The highest BCUT2D eigenvalue weighted by Crippen LogP contribution is 2.26. The topological polar surface area (TPSA) is 81.5 Å². The maximum Gasteiger partial charge on any atom is 0.266 e. The minimum atomic E-state index is -3.79. The average molecular weight is 351 g/mol. The maximum absolute atomic E-state index is 12.5. The predicted octanol–water partition coefficient (Wildman–Crippen LogP) is 1.55. The first-order valence-electron chi connectivity index (χ1n) is 7.37. The molecule has 7 nitrogen and oxygen atoms in total. The zero-order chi connectivity index (χ0) is 17.9. The molecule has 0 atom stereocenters. The molecule has 0 aliphatic heterocycles. The monoisotopic (exact) mass is 351 g/mol. The number of sulfonamides is 1. The first-order valence-corrected chi connectivity index (χ1v) is 9.21. The van der Waals surface area contributed by atoms with E-state index in [9.17, 15) is 13.2 Å². The van der Waals surface area contributed by atoms with Crippen molar-refractivity contribution in [2.45, 2.75) is 20.5 Å². The Balaban J connectivity index is 2.18. The molecule has 0 saturated heterocycles. The van der Waals surface area contributed by atoms with Crippen LogP contribution >= 0.6 is 0 Å². The third-order valence-corrected chi connectivity index (χ3v) is 4.62. The summed E-state index contributed by atoms with van der Waals surface area (Å²) in [7, 11) is -2.10. The molecule has 0 unspecified atom stereocenters. The minimum Gasteiger partial charge on any atom is -0.367 e. The molecule has 0 radical (unpaired) electrons. The number of aryl methyl sites for hydroxylation is 2. The van der Waals surface area contributed by atoms with Crippen LogP contribution < -0.4 is 4.31 Å². The molecule has 0 aliphatic rings. The van der Waals surface area contributed by atoms with E-state index in [4.69, 9.17) is 4.74 Å². The molecule has 0 spiro atoms. The van der Waals surface area contributed by atoms with Gasteiger partial charge < -0.3 is 4.74 Å². The summed E-state index contributed by atoms with van der Waals surface area (Å²) in [6.07, 6.45) is 0.994. The molecule has 0 bridgehead atoms. The van der Waals surface area contributed by atoms with Crippen LogP contribution in [0, 0.1) is 13.8 Å². The molecular formula is C16H21N3O4S. The molecule has 8 heteroatoms. The lowest BCUT2D eigenvalue weighted by Crippen LogP contribution is -2.39. The van der Waals surface area contributed by atoms with E-state index in [1.54, 1.807) is 25.6 Å². The van der Waals surface area contributed by atoms with Crippen molar-refractivity contribution in [3.8, 4) is 0 Å². The highest BCUT2D eigenvalue weighted by atomic mass is 32.2. The van der Waals surface area contributed by atoms with Crippen LogP contribution in [-0.4, -0.2) is 37.0 Å². The first kappa shape index (κ1) is 18.2. The van der Waals surface area contributed by atoms with Crippen molar-refractivity contribution in [1.82, 2.24) is 9.78 Å². The Morgan fingerprint density at radius 1 is 1.25 bits per heavy atom. The fourth-order valence-corrected chi connectivity index (χ4v) is 3.44. The lowest BCUT2D eigenvalue weighted by atomic mass is 10.2. The third-order valence-electron chi connectivity index (χ3n) is 3.57. The summed E-state index contributed by atoms with van der Waals surface area (Å²) in [5, 5.41) is 4.17.